The molecule has 1 N–H and O–H groups in total. The van der Waals surface area contributed by atoms with Crippen molar-refractivity contribution in [2.45, 2.75) is 6.54 Å². The van der Waals surface area contributed by atoms with E-state index in [0.29, 0.717) is 28.8 Å². The quantitative estimate of drug-likeness (QED) is 0.871. The van der Waals surface area contributed by atoms with Gasteiger partial charge in [-0.15, -0.1) is 0 Å². The molecular weight excluding hydrogens is 349 g/mol. The molecule has 2 aromatic rings. The summed E-state index contributed by atoms with van der Waals surface area (Å²) < 4.78 is 25.1. The summed E-state index contributed by atoms with van der Waals surface area (Å²) >= 11 is 9.27. The number of ether oxygens (including phenoxy) is 2. The number of benzene rings is 2. The Bertz CT molecular complexity index is 666. The van der Waals surface area contributed by atoms with Crippen molar-refractivity contribution in [1.82, 2.24) is 0 Å². The smallest absolute Gasteiger partial charge is 0.231 e. The number of fused-ring (bicyclic) bond motifs is 1. The monoisotopic (exact) mass is 357 g/mol. The van der Waals surface area contributed by atoms with Gasteiger partial charge in [0, 0.05) is 11.6 Å². The molecule has 1 aliphatic rings. The number of nitrogens with one attached hydrogen (secondary N) is 1. The van der Waals surface area contributed by atoms with Crippen molar-refractivity contribution in [2.75, 3.05) is 12.1 Å². The Morgan fingerprint density at radius 2 is 2.10 bits per heavy atom. The number of hydrogen-bond donors (Lipinski definition) is 1. The van der Waals surface area contributed by atoms with Gasteiger partial charge in [-0.3, -0.25) is 0 Å². The van der Waals surface area contributed by atoms with Gasteiger partial charge in [0.1, 0.15) is 5.82 Å². The Kier molecular flexibility index (Phi) is 3.72. The van der Waals surface area contributed by atoms with Gasteiger partial charge in [0.15, 0.2) is 11.5 Å². The van der Waals surface area contributed by atoms with Crippen molar-refractivity contribution in [1.29, 1.82) is 0 Å². The molecule has 0 atom stereocenters. The normalized spacial score (nSPS) is 12.6. The van der Waals surface area contributed by atoms with E-state index in [1.165, 1.54) is 12.1 Å². The zero-order valence-corrected chi connectivity index (χ0v) is 12.6. The Morgan fingerprint density at radius 1 is 1.25 bits per heavy atom. The first-order valence-corrected chi connectivity index (χ1v) is 7.07. The predicted octanol–water partition coefficient (Wildman–Crippen LogP) is 4.58. The van der Waals surface area contributed by atoms with E-state index in [9.17, 15) is 4.39 Å². The maximum absolute atomic E-state index is 13.6. The van der Waals surface area contributed by atoms with Gasteiger partial charge in [-0.05, 0) is 51.8 Å². The fourth-order valence-corrected chi connectivity index (χ4v) is 2.73. The Morgan fingerprint density at radius 3 is 2.95 bits per heavy atom. The highest BCUT2D eigenvalue weighted by atomic mass is 79.9. The lowest BCUT2D eigenvalue weighted by atomic mass is 10.2. The molecular formula is C14H10BrClFNO2. The Hall–Kier alpha value is -1.46. The number of rotatable bonds is 3. The standard InChI is InChI=1S/C14H10BrClFNO2/c15-10-3-8(4-13-14(10)20-7-19-13)6-18-12-5-9(16)1-2-11(12)17/h1-5,18H,6-7H2. The molecule has 6 heteroatoms. The van der Waals surface area contributed by atoms with Gasteiger partial charge < -0.3 is 14.8 Å². The van der Waals surface area contributed by atoms with Crippen LogP contribution < -0.4 is 14.8 Å². The molecule has 0 aromatic heterocycles. The molecule has 0 aliphatic carbocycles. The zero-order valence-electron chi connectivity index (χ0n) is 10.3. The molecule has 0 spiro atoms. The SMILES string of the molecule is Fc1ccc(Cl)cc1NCc1cc(Br)c2c(c1)OCO2. The van der Waals surface area contributed by atoms with E-state index >= 15 is 0 Å². The van der Waals surface area contributed by atoms with E-state index in [4.69, 9.17) is 21.1 Å². The van der Waals surface area contributed by atoms with Gasteiger partial charge in [-0.25, -0.2) is 4.39 Å². The van der Waals surface area contributed by atoms with Crippen LogP contribution in [0, 0.1) is 5.82 Å². The molecule has 0 saturated heterocycles. The van der Waals surface area contributed by atoms with Crippen LogP contribution in [-0.4, -0.2) is 6.79 Å². The van der Waals surface area contributed by atoms with Crippen molar-refractivity contribution in [2.24, 2.45) is 0 Å². The second-order valence-corrected chi connectivity index (χ2v) is 5.58. The van der Waals surface area contributed by atoms with Gasteiger partial charge in [0.05, 0.1) is 10.2 Å². The maximum atomic E-state index is 13.6. The highest BCUT2D eigenvalue weighted by molar-refractivity contribution is 9.10. The first-order chi connectivity index (χ1) is 9.63. The van der Waals surface area contributed by atoms with Crippen molar-refractivity contribution < 1.29 is 13.9 Å². The van der Waals surface area contributed by atoms with E-state index in [1.807, 2.05) is 12.1 Å². The topological polar surface area (TPSA) is 30.5 Å². The first-order valence-electron chi connectivity index (χ1n) is 5.90. The van der Waals surface area contributed by atoms with Crippen LogP contribution in [0.15, 0.2) is 34.8 Å². The summed E-state index contributed by atoms with van der Waals surface area (Å²) in [5.41, 5.74) is 1.31. The maximum Gasteiger partial charge on any atom is 0.231 e. The Labute approximate surface area is 128 Å². The van der Waals surface area contributed by atoms with E-state index in [1.54, 1.807) is 6.07 Å². The van der Waals surface area contributed by atoms with Crippen LogP contribution in [0.25, 0.3) is 0 Å². The van der Waals surface area contributed by atoms with E-state index in [2.05, 4.69) is 21.2 Å². The average Bonchev–Trinajstić information content (AvgIpc) is 2.89. The summed E-state index contributed by atoms with van der Waals surface area (Å²) in [7, 11) is 0. The van der Waals surface area contributed by atoms with E-state index < -0.39 is 0 Å². The minimum absolute atomic E-state index is 0.216. The lowest BCUT2D eigenvalue weighted by Crippen LogP contribution is -2.01. The summed E-state index contributed by atoms with van der Waals surface area (Å²) in [6.45, 7) is 0.667. The number of halogens is 3. The van der Waals surface area contributed by atoms with Crippen LogP contribution in [-0.2, 0) is 6.54 Å². The number of hydrogen-bond acceptors (Lipinski definition) is 3. The molecule has 1 aliphatic heterocycles. The fraction of sp³-hybridized carbons (Fsp3) is 0.143. The first kappa shape index (κ1) is 13.5. The van der Waals surface area contributed by atoms with Crippen LogP contribution in [0.3, 0.4) is 0 Å². The van der Waals surface area contributed by atoms with Crippen molar-refractivity contribution >= 4 is 33.2 Å². The third-order valence-electron chi connectivity index (χ3n) is 2.90. The zero-order chi connectivity index (χ0) is 14.1. The largest absolute Gasteiger partial charge is 0.454 e. The summed E-state index contributed by atoms with van der Waals surface area (Å²) in [4.78, 5) is 0. The molecule has 1 heterocycles. The van der Waals surface area contributed by atoms with Crippen molar-refractivity contribution in [3.05, 3.63) is 51.2 Å². The van der Waals surface area contributed by atoms with Gasteiger partial charge in [0.25, 0.3) is 0 Å². The van der Waals surface area contributed by atoms with Crippen LogP contribution in [0.4, 0.5) is 10.1 Å². The molecule has 0 unspecified atom stereocenters. The van der Waals surface area contributed by atoms with Gasteiger partial charge >= 0.3 is 0 Å². The highest BCUT2D eigenvalue weighted by Gasteiger charge is 2.17. The molecule has 104 valence electrons. The third-order valence-corrected chi connectivity index (χ3v) is 3.72. The molecule has 0 radical (unpaired) electrons. The second kappa shape index (κ2) is 5.50. The fourth-order valence-electron chi connectivity index (χ4n) is 1.95. The minimum Gasteiger partial charge on any atom is -0.454 e. The predicted molar refractivity (Wildman–Crippen MR) is 79.0 cm³/mol. The second-order valence-electron chi connectivity index (χ2n) is 4.29. The highest BCUT2D eigenvalue weighted by Crippen LogP contribution is 2.40. The molecule has 20 heavy (non-hydrogen) atoms. The van der Waals surface area contributed by atoms with E-state index in [-0.39, 0.29) is 12.6 Å². The minimum atomic E-state index is -0.339. The summed E-state index contributed by atoms with van der Waals surface area (Å²) in [6, 6.07) is 8.17. The lowest BCUT2D eigenvalue weighted by molar-refractivity contribution is 0.173. The average molecular weight is 359 g/mol. The van der Waals surface area contributed by atoms with Crippen LogP contribution in [0.1, 0.15) is 5.56 Å². The summed E-state index contributed by atoms with van der Waals surface area (Å²) in [5, 5.41) is 3.50. The summed E-state index contributed by atoms with van der Waals surface area (Å²) in [5.74, 6) is 1.04. The lowest BCUT2D eigenvalue weighted by Gasteiger charge is -2.09. The molecule has 3 nitrogen and oxygen atoms in total. The molecule has 0 saturated carbocycles. The van der Waals surface area contributed by atoms with Gasteiger partial charge in [0.2, 0.25) is 6.79 Å². The molecule has 0 fully saturated rings. The van der Waals surface area contributed by atoms with Crippen LogP contribution in [0.2, 0.25) is 5.02 Å². The molecule has 3 rings (SSSR count). The molecule has 2 aromatic carbocycles. The van der Waals surface area contributed by atoms with Crippen LogP contribution >= 0.6 is 27.5 Å². The molecule has 0 amide bonds. The Balaban J connectivity index is 1.79. The van der Waals surface area contributed by atoms with E-state index in [0.717, 1.165) is 10.0 Å². The molecule has 0 bridgehead atoms. The van der Waals surface area contributed by atoms with Crippen molar-refractivity contribution in [3.8, 4) is 11.5 Å². The summed E-state index contributed by atoms with van der Waals surface area (Å²) in [6.07, 6.45) is 0. The van der Waals surface area contributed by atoms with Crippen molar-refractivity contribution in [3.63, 3.8) is 0 Å². The van der Waals surface area contributed by atoms with Gasteiger partial charge in [-0.1, -0.05) is 11.6 Å². The third kappa shape index (κ3) is 2.69. The van der Waals surface area contributed by atoms with Crippen LogP contribution in [0.5, 0.6) is 11.5 Å². The number of anilines is 1. The van der Waals surface area contributed by atoms with Gasteiger partial charge in [-0.2, -0.15) is 0 Å².